The van der Waals surface area contributed by atoms with Crippen LogP contribution in [0.2, 0.25) is 0 Å². The number of rotatable bonds is 4. The SMILES string of the molecule is O=C(Nc1cccc(-c2cn[nH]n2)c1)c1c(C(F)F)nc2n1CCCC2. The molecule has 0 spiro atoms. The van der Waals surface area contributed by atoms with E-state index in [1.807, 2.05) is 6.07 Å². The smallest absolute Gasteiger partial charge is 0.282 e. The molecule has 9 heteroatoms. The van der Waals surface area contributed by atoms with E-state index >= 15 is 0 Å². The summed E-state index contributed by atoms with van der Waals surface area (Å²) in [5.41, 5.74) is 1.35. The molecule has 134 valence electrons. The Balaban J connectivity index is 1.65. The van der Waals surface area contributed by atoms with Gasteiger partial charge in [0.15, 0.2) is 0 Å². The number of aromatic nitrogens is 5. The molecule has 1 amide bonds. The topological polar surface area (TPSA) is 88.5 Å². The van der Waals surface area contributed by atoms with E-state index in [-0.39, 0.29) is 5.69 Å². The van der Waals surface area contributed by atoms with Crippen LogP contribution in [-0.2, 0) is 13.0 Å². The molecular formula is C17H16F2N6O. The van der Waals surface area contributed by atoms with Crippen LogP contribution < -0.4 is 5.32 Å². The van der Waals surface area contributed by atoms with Gasteiger partial charge in [-0.2, -0.15) is 15.4 Å². The lowest BCUT2D eigenvalue weighted by Crippen LogP contribution is -2.21. The van der Waals surface area contributed by atoms with Crippen LogP contribution in [0.4, 0.5) is 14.5 Å². The van der Waals surface area contributed by atoms with Gasteiger partial charge in [-0.05, 0) is 25.0 Å². The molecule has 0 atom stereocenters. The van der Waals surface area contributed by atoms with Gasteiger partial charge in [-0.15, -0.1) is 0 Å². The average Bonchev–Trinajstić information content (AvgIpc) is 3.30. The second-order valence-corrected chi connectivity index (χ2v) is 6.06. The van der Waals surface area contributed by atoms with Gasteiger partial charge >= 0.3 is 0 Å². The Hall–Kier alpha value is -3.10. The van der Waals surface area contributed by atoms with Gasteiger partial charge in [0, 0.05) is 24.2 Å². The molecule has 0 saturated carbocycles. The number of aryl methyl sites for hydroxylation is 1. The van der Waals surface area contributed by atoms with E-state index in [0.717, 1.165) is 18.4 Å². The molecule has 2 N–H and O–H groups in total. The third-order valence-corrected chi connectivity index (χ3v) is 4.36. The lowest BCUT2D eigenvalue weighted by molar-refractivity contribution is 0.0995. The first-order chi connectivity index (χ1) is 12.6. The van der Waals surface area contributed by atoms with Crippen molar-refractivity contribution in [1.29, 1.82) is 0 Å². The molecule has 4 rings (SSSR count). The summed E-state index contributed by atoms with van der Waals surface area (Å²) in [6.45, 7) is 0.525. The van der Waals surface area contributed by atoms with E-state index in [1.165, 1.54) is 0 Å². The fourth-order valence-corrected chi connectivity index (χ4v) is 3.18. The molecule has 0 fully saturated rings. The highest BCUT2D eigenvalue weighted by Gasteiger charge is 2.29. The zero-order valence-electron chi connectivity index (χ0n) is 13.7. The molecule has 1 aliphatic rings. The Kier molecular flexibility index (Phi) is 4.19. The number of halogens is 2. The van der Waals surface area contributed by atoms with Crippen molar-refractivity contribution in [3.8, 4) is 11.3 Å². The minimum absolute atomic E-state index is 0.0541. The van der Waals surface area contributed by atoms with Crippen LogP contribution in [0.3, 0.4) is 0 Å². The summed E-state index contributed by atoms with van der Waals surface area (Å²) in [5, 5.41) is 13.0. The summed E-state index contributed by atoms with van der Waals surface area (Å²) in [4.78, 5) is 16.7. The number of carbonyl (C=O) groups excluding carboxylic acids is 1. The lowest BCUT2D eigenvalue weighted by Gasteiger charge is -2.16. The summed E-state index contributed by atoms with van der Waals surface area (Å²) in [7, 11) is 0. The zero-order valence-corrected chi connectivity index (χ0v) is 13.7. The third kappa shape index (κ3) is 2.96. The second-order valence-electron chi connectivity index (χ2n) is 6.06. The van der Waals surface area contributed by atoms with Crippen LogP contribution in [0.15, 0.2) is 30.5 Å². The number of H-pyrrole nitrogens is 1. The minimum Gasteiger partial charge on any atom is -0.324 e. The summed E-state index contributed by atoms with van der Waals surface area (Å²) in [6, 6.07) is 6.97. The maximum atomic E-state index is 13.4. The highest BCUT2D eigenvalue weighted by molar-refractivity contribution is 6.04. The fraction of sp³-hybridized carbons (Fsp3) is 0.294. The molecule has 3 heterocycles. The molecule has 1 aliphatic heterocycles. The Morgan fingerprint density at radius 1 is 1.31 bits per heavy atom. The van der Waals surface area contributed by atoms with E-state index < -0.39 is 18.0 Å². The molecule has 7 nitrogen and oxygen atoms in total. The predicted octanol–water partition coefficient (Wildman–Crippen LogP) is 3.19. The Morgan fingerprint density at radius 2 is 2.19 bits per heavy atom. The number of amides is 1. The van der Waals surface area contributed by atoms with Gasteiger partial charge < -0.3 is 9.88 Å². The number of nitrogens with zero attached hydrogens (tertiary/aromatic N) is 4. The quantitative estimate of drug-likeness (QED) is 0.750. The number of nitrogens with one attached hydrogen (secondary N) is 2. The second kappa shape index (κ2) is 6.66. The predicted molar refractivity (Wildman–Crippen MR) is 89.9 cm³/mol. The highest BCUT2D eigenvalue weighted by atomic mass is 19.3. The summed E-state index contributed by atoms with van der Waals surface area (Å²) in [5.74, 6) is -0.0358. The van der Waals surface area contributed by atoms with Gasteiger partial charge in [0.05, 0.1) is 6.20 Å². The van der Waals surface area contributed by atoms with Crippen LogP contribution in [0.25, 0.3) is 11.3 Å². The number of carbonyl (C=O) groups is 1. The number of alkyl halides is 2. The van der Waals surface area contributed by atoms with Gasteiger partial charge in [-0.1, -0.05) is 12.1 Å². The van der Waals surface area contributed by atoms with Crippen molar-refractivity contribution in [3.05, 3.63) is 47.7 Å². The fourth-order valence-electron chi connectivity index (χ4n) is 3.18. The van der Waals surface area contributed by atoms with Crippen LogP contribution in [-0.4, -0.2) is 30.9 Å². The van der Waals surface area contributed by atoms with Crippen molar-refractivity contribution in [3.63, 3.8) is 0 Å². The van der Waals surface area contributed by atoms with E-state index in [0.29, 0.717) is 30.2 Å². The first-order valence-electron chi connectivity index (χ1n) is 8.28. The number of hydrogen-bond acceptors (Lipinski definition) is 4. The number of benzene rings is 1. The molecular weight excluding hydrogens is 342 g/mol. The molecule has 0 saturated heterocycles. The largest absolute Gasteiger partial charge is 0.324 e. The van der Waals surface area contributed by atoms with E-state index in [9.17, 15) is 13.6 Å². The number of fused-ring (bicyclic) bond motifs is 1. The molecule has 26 heavy (non-hydrogen) atoms. The number of hydrogen-bond donors (Lipinski definition) is 2. The maximum Gasteiger partial charge on any atom is 0.282 e. The van der Waals surface area contributed by atoms with Crippen molar-refractivity contribution in [2.45, 2.75) is 32.2 Å². The molecule has 2 aromatic heterocycles. The van der Waals surface area contributed by atoms with Crippen molar-refractivity contribution < 1.29 is 13.6 Å². The lowest BCUT2D eigenvalue weighted by atomic mass is 10.1. The number of imidazole rings is 1. The van der Waals surface area contributed by atoms with Crippen LogP contribution >= 0.6 is 0 Å². The third-order valence-electron chi connectivity index (χ3n) is 4.36. The Bertz CT molecular complexity index is 935. The van der Waals surface area contributed by atoms with Gasteiger partial charge in [0.2, 0.25) is 0 Å². The van der Waals surface area contributed by atoms with Gasteiger partial charge in [0.1, 0.15) is 22.9 Å². The molecule has 0 aliphatic carbocycles. The molecule has 0 radical (unpaired) electrons. The number of anilines is 1. The summed E-state index contributed by atoms with van der Waals surface area (Å²) in [6.07, 6.45) is 1.10. The minimum atomic E-state index is -2.80. The van der Waals surface area contributed by atoms with Gasteiger partial charge in [0.25, 0.3) is 12.3 Å². The zero-order chi connectivity index (χ0) is 18.1. The van der Waals surface area contributed by atoms with Gasteiger partial charge in [-0.3, -0.25) is 4.79 Å². The van der Waals surface area contributed by atoms with Crippen LogP contribution in [0.1, 0.15) is 41.3 Å². The standard InChI is InChI=1S/C17H16F2N6O/c18-16(19)14-15(25-7-2-1-6-13(25)22-14)17(26)21-11-5-3-4-10(8-11)12-9-20-24-23-12/h3-5,8-9,16H,1-2,6-7H2,(H,21,26)(H,20,23,24). The normalized spacial score (nSPS) is 13.7. The van der Waals surface area contributed by atoms with E-state index in [2.05, 4.69) is 25.7 Å². The maximum absolute atomic E-state index is 13.4. The summed E-state index contributed by atoms with van der Waals surface area (Å²) >= 11 is 0. The van der Waals surface area contributed by atoms with Crippen molar-refractivity contribution in [2.75, 3.05) is 5.32 Å². The summed E-state index contributed by atoms with van der Waals surface area (Å²) < 4.78 is 28.4. The average molecular weight is 358 g/mol. The Morgan fingerprint density at radius 3 is 2.96 bits per heavy atom. The first kappa shape index (κ1) is 16.4. The Labute approximate surface area is 147 Å². The first-order valence-corrected chi connectivity index (χ1v) is 8.28. The molecule has 0 unspecified atom stereocenters. The van der Waals surface area contributed by atoms with Gasteiger partial charge in [-0.25, -0.2) is 13.8 Å². The van der Waals surface area contributed by atoms with Crippen molar-refractivity contribution in [1.82, 2.24) is 25.0 Å². The van der Waals surface area contributed by atoms with Crippen molar-refractivity contribution >= 4 is 11.6 Å². The highest BCUT2D eigenvalue weighted by Crippen LogP contribution is 2.28. The molecule has 3 aromatic rings. The van der Waals surface area contributed by atoms with E-state index in [1.54, 1.807) is 29.0 Å². The van der Waals surface area contributed by atoms with Crippen LogP contribution in [0.5, 0.6) is 0 Å². The molecule has 0 bridgehead atoms. The molecule has 1 aromatic carbocycles. The monoisotopic (exact) mass is 358 g/mol. The van der Waals surface area contributed by atoms with Crippen LogP contribution in [0, 0.1) is 0 Å². The van der Waals surface area contributed by atoms with E-state index in [4.69, 9.17) is 0 Å². The number of aromatic amines is 1. The van der Waals surface area contributed by atoms with Crippen molar-refractivity contribution in [2.24, 2.45) is 0 Å².